The third-order valence-corrected chi connectivity index (χ3v) is 2.22. The molecule has 2 fully saturated rings. The molecule has 0 amide bonds. The number of hydrogen-bond acceptors (Lipinski definition) is 4. The highest BCUT2D eigenvalue weighted by molar-refractivity contribution is 4.90. The Kier molecular flexibility index (Phi) is 1.25. The quantitative estimate of drug-likeness (QED) is 0.460. The molecule has 0 aromatic carbocycles. The summed E-state index contributed by atoms with van der Waals surface area (Å²) < 4.78 is 10.2. The molecule has 0 aromatic rings. The number of rotatable bonds is 0. The summed E-state index contributed by atoms with van der Waals surface area (Å²) in [6.07, 6.45) is 0.366. The highest BCUT2D eigenvalue weighted by Gasteiger charge is 2.51. The molecule has 0 aromatic heterocycles. The van der Waals surface area contributed by atoms with Crippen LogP contribution >= 0.6 is 0 Å². The standard InChI is InChI=1S/C6H11NO3/c7-6-4(1-2-9-6)5(8)3-10-6/h4-5,8H,1-3,7H2/t4-,5?,6-/m0/s1. The van der Waals surface area contributed by atoms with E-state index in [1.807, 2.05) is 0 Å². The SMILES string of the molecule is N[C@]12OCC[C@H]1C(O)CO2. The van der Waals surface area contributed by atoms with Gasteiger partial charge in [-0.3, -0.25) is 5.73 Å². The van der Waals surface area contributed by atoms with Crippen molar-refractivity contribution in [3.8, 4) is 0 Å². The van der Waals surface area contributed by atoms with E-state index in [4.69, 9.17) is 15.2 Å². The van der Waals surface area contributed by atoms with E-state index >= 15 is 0 Å². The van der Waals surface area contributed by atoms with Crippen molar-refractivity contribution in [2.45, 2.75) is 18.4 Å². The van der Waals surface area contributed by atoms with Gasteiger partial charge in [-0.15, -0.1) is 0 Å². The Labute approximate surface area is 58.9 Å². The van der Waals surface area contributed by atoms with Crippen molar-refractivity contribution in [1.29, 1.82) is 0 Å². The zero-order valence-corrected chi connectivity index (χ0v) is 5.62. The molecule has 4 nitrogen and oxygen atoms in total. The normalized spacial score (nSPS) is 53.4. The lowest BCUT2D eigenvalue weighted by Gasteiger charge is -2.20. The number of nitrogens with two attached hydrogens (primary N) is 1. The van der Waals surface area contributed by atoms with E-state index in [1.165, 1.54) is 0 Å². The van der Waals surface area contributed by atoms with Gasteiger partial charge in [-0.2, -0.15) is 0 Å². The first kappa shape index (κ1) is 6.54. The minimum Gasteiger partial charge on any atom is -0.390 e. The van der Waals surface area contributed by atoms with Crippen LogP contribution in [-0.2, 0) is 9.47 Å². The third-order valence-electron chi connectivity index (χ3n) is 2.22. The summed E-state index contributed by atoms with van der Waals surface area (Å²) in [5.41, 5.74) is 5.65. The fourth-order valence-electron chi connectivity index (χ4n) is 1.59. The Morgan fingerprint density at radius 1 is 1.50 bits per heavy atom. The van der Waals surface area contributed by atoms with Crippen LogP contribution in [0.25, 0.3) is 0 Å². The largest absolute Gasteiger partial charge is 0.390 e. The van der Waals surface area contributed by atoms with Crippen LogP contribution < -0.4 is 5.73 Å². The van der Waals surface area contributed by atoms with Gasteiger partial charge in [0.25, 0.3) is 0 Å². The first-order chi connectivity index (χ1) is 4.72. The van der Waals surface area contributed by atoms with Crippen molar-refractivity contribution in [2.24, 2.45) is 11.7 Å². The molecule has 10 heavy (non-hydrogen) atoms. The molecule has 0 spiro atoms. The van der Waals surface area contributed by atoms with Gasteiger partial charge in [-0.1, -0.05) is 0 Å². The Morgan fingerprint density at radius 3 is 3.00 bits per heavy atom. The second kappa shape index (κ2) is 1.92. The highest BCUT2D eigenvalue weighted by Crippen LogP contribution is 2.36. The zero-order valence-electron chi connectivity index (χ0n) is 5.62. The van der Waals surface area contributed by atoms with Gasteiger partial charge in [0, 0.05) is 0 Å². The van der Waals surface area contributed by atoms with Crippen molar-refractivity contribution in [3.05, 3.63) is 0 Å². The Balaban J connectivity index is 2.19. The second-order valence-electron chi connectivity index (χ2n) is 2.84. The monoisotopic (exact) mass is 145 g/mol. The lowest BCUT2D eigenvalue weighted by molar-refractivity contribution is -0.191. The van der Waals surface area contributed by atoms with E-state index in [0.717, 1.165) is 6.42 Å². The number of fused-ring (bicyclic) bond motifs is 1. The van der Waals surface area contributed by atoms with Crippen LogP contribution in [0.15, 0.2) is 0 Å². The molecule has 2 aliphatic heterocycles. The predicted molar refractivity (Wildman–Crippen MR) is 32.9 cm³/mol. The maximum absolute atomic E-state index is 9.28. The van der Waals surface area contributed by atoms with Crippen LogP contribution in [0.4, 0.5) is 0 Å². The van der Waals surface area contributed by atoms with E-state index in [0.29, 0.717) is 13.2 Å². The average molecular weight is 145 g/mol. The maximum Gasteiger partial charge on any atom is 0.230 e. The minimum absolute atomic E-state index is 0.0208. The Morgan fingerprint density at radius 2 is 2.30 bits per heavy atom. The molecule has 0 saturated carbocycles. The molecule has 1 unspecified atom stereocenters. The Bertz CT molecular complexity index is 152. The summed E-state index contributed by atoms with van der Waals surface area (Å²) in [7, 11) is 0. The van der Waals surface area contributed by atoms with Crippen LogP contribution in [0.1, 0.15) is 6.42 Å². The molecule has 2 heterocycles. The number of ether oxygens (including phenoxy) is 2. The first-order valence-corrected chi connectivity index (χ1v) is 3.47. The topological polar surface area (TPSA) is 64.7 Å². The molecule has 0 aliphatic carbocycles. The van der Waals surface area contributed by atoms with Gasteiger partial charge in [0.1, 0.15) is 0 Å². The molecule has 4 heteroatoms. The molecule has 2 aliphatic rings. The average Bonchev–Trinajstić information content (AvgIpc) is 2.35. The van der Waals surface area contributed by atoms with E-state index in [9.17, 15) is 5.11 Å². The minimum atomic E-state index is -0.973. The first-order valence-electron chi connectivity index (χ1n) is 3.47. The van der Waals surface area contributed by atoms with Gasteiger partial charge in [-0.05, 0) is 6.42 Å². The van der Waals surface area contributed by atoms with Crippen molar-refractivity contribution < 1.29 is 14.6 Å². The fraction of sp³-hybridized carbons (Fsp3) is 1.00. The van der Waals surface area contributed by atoms with Crippen molar-refractivity contribution >= 4 is 0 Å². The summed E-state index contributed by atoms with van der Waals surface area (Å²) in [5, 5.41) is 9.28. The van der Waals surface area contributed by atoms with Crippen molar-refractivity contribution in [3.63, 3.8) is 0 Å². The summed E-state index contributed by atoms with van der Waals surface area (Å²) in [6.45, 7) is 0.902. The van der Waals surface area contributed by atoms with Gasteiger partial charge in [-0.25, -0.2) is 0 Å². The molecule has 2 rings (SSSR count). The molecule has 0 bridgehead atoms. The van der Waals surface area contributed by atoms with Gasteiger partial charge < -0.3 is 14.6 Å². The molecular weight excluding hydrogens is 134 g/mol. The summed E-state index contributed by atoms with van der Waals surface area (Å²) in [6, 6.07) is 0. The lowest BCUT2D eigenvalue weighted by Crippen LogP contribution is -2.44. The van der Waals surface area contributed by atoms with E-state index < -0.39 is 12.0 Å². The number of hydrogen-bond donors (Lipinski definition) is 2. The molecule has 3 atom stereocenters. The van der Waals surface area contributed by atoms with Crippen LogP contribution in [0.2, 0.25) is 0 Å². The summed E-state index contributed by atoms with van der Waals surface area (Å²) >= 11 is 0. The van der Waals surface area contributed by atoms with Crippen molar-refractivity contribution in [2.75, 3.05) is 13.2 Å². The summed E-state index contributed by atoms with van der Waals surface area (Å²) in [5.74, 6) is -0.994. The van der Waals surface area contributed by atoms with Gasteiger partial charge in [0.05, 0.1) is 25.2 Å². The predicted octanol–water partition coefficient (Wildman–Crippen LogP) is -0.974. The molecule has 0 radical (unpaired) electrons. The second-order valence-corrected chi connectivity index (χ2v) is 2.84. The zero-order chi connectivity index (χ0) is 7.19. The van der Waals surface area contributed by atoms with Crippen LogP contribution in [0.3, 0.4) is 0 Å². The van der Waals surface area contributed by atoms with Crippen LogP contribution in [-0.4, -0.2) is 30.3 Å². The van der Waals surface area contributed by atoms with Crippen LogP contribution in [0.5, 0.6) is 0 Å². The fourth-order valence-corrected chi connectivity index (χ4v) is 1.59. The maximum atomic E-state index is 9.28. The third kappa shape index (κ3) is 0.703. The van der Waals surface area contributed by atoms with E-state index in [2.05, 4.69) is 0 Å². The molecule has 2 saturated heterocycles. The van der Waals surface area contributed by atoms with E-state index in [1.54, 1.807) is 0 Å². The molecule has 3 N–H and O–H groups in total. The lowest BCUT2D eigenvalue weighted by atomic mass is 10.0. The van der Waals surface area contributed by atoms with E-state index in [-0.39, 0.29) is 5.92 Å². The van der Waals surface area contributed by atoms with Gasteiger partial charge >= 0.3 is 0 Å². The molecular formula is C6H11NO3. The highest BCUT2D eigenvalue weighted by atomic mass is 16.7. The smallest absolute Gasteiger partial charge is 0.230 e. The Hall–Kier alpha value is -0.160. The number of aliphatic hydroxyl groups is 1. The summed E-state index contributed by atoms with van der Waals surface area (Å²) in [4.78, 5) is 0. The van der Waals surface area contributed by atoms with Crippen molar-refractivity contribution in [1.82, 2.24) is 0 Å². The van der Waals surface area contributed by atoms with Gasteiger partial charge in [0.15, 0.2) is 0 Å². The number of aliphatic hydroxyl groups excluding tert-OH is 1. The molecule has 58 valence electrons. The van der Waals surface area contributed by atoms with Gasteiger partial charge in [0.2, 0.25) is 5.91 Å². The van der Waals surface area contributed by atoms with Crippen LogP contribution in [0, 0.1) is 5.92 Å².